The van der Waals surface area contributed by atoms with Crippen LogP contribution in [0, 0.1) is 10.7 Å². The number of halogens is 3. The third kappa shape index (κ3) is 7.28. The molecule has 0 heterocycles. The molecule has 0 saturated carbocycles. The molecule has 1 unspecified atom stereocenters. The van der Waals surface area contributed by atoms with E-state index in [0.717, 1.165) is 16.3 Å². The number of carboxylic acids is 1. The van der Waals surface area contributed by atoms with Crippen molar-refractivity contribution in [3.8, 4) is 17.2 Å². The highest BCUT2D eigenvalue weighted by Crippen LogP contribution is 2.35. The minimum atomic E-state index is -1.15. The van der Waals surface area contributed by atoms with E-state index in [1.54, 1.807) is 51.1 Å². The molecule has 2 rings (SSSR count). The summed E-state index contributed by atoms with van der Waals surface area (Å²) < 4.78 is 13.5. The molecule has 0 radical (unpaired) electrons. The summed E-state index contributed by atoms with van der Waals surface area (Å²) in [6.45, 7) is 5.13. The zero-order valence-electron chi connectivity index (χ0n) is 16.3. The molecule has 0 saturated heterocycles. The number of carbonyl (C=O) groups excluding carboxylic acids is 1. The molecule has 2 aromatic rings. The first-order chi connectivity index (χ1) is 13.9. The highest BCUT2D eigenvalue weighted by atomic mass is 127. The first-order valence-electron chi connectivity index (χ1n) is 8.73. The molecular formula is C20H20I3NO6. The van der Waals surface area contributed by atoms with Crippen molar-refractivity contribution < 1.29 is 29.3 Å². The molecule has 0 fully saturated rings. The summed E-state index contributed by atoms with van der Waals surface area (Å²) in [5.74, 6) is 0.221. The number of rotatable bonds is 6. The van der Waals surface area contributed by atoms with E-state index in [9.17, 15) is 19.8 Å². The van der Waals surface area contributed by atoms with Crippen molar-refractivity contribution in [2.45, 2.75) is 38.8 Å². The van der Waals surface area contributed by atoms with E-state index >= 15 is 0 Å². The van der Waals surface area contributed by atoms with Crippen molar-refractivity contribution >= 4 is 79.8 Å². The minimum Gasteiger partial charge on any atom is -0.508 e. The van der Waals surface area contributed by atoms with Gasteiger partial charge in [0.2, 0.25) is 0 Å². The number of hydrogen-bond acceptors (Lipinski definition) is 5. The Hall–Kier alpha value is -1.03. The second kappa shape index (κ2) is 10.5. The number of aromatic hydroxyl groups is 1. The van der Waals surface area contributed by atoms with Crippen molar-refractivity contribution in [2.75, 3.05) is 0 Å². The van der Waals surface area contributed by atoms with Gasteiger partial charge in [-0.05, 0) is 118 Å². The summed E-state index contributed by atoms with van der Waals surface area (Å²) >= 11 is 6.35. The standard InChI is InChI=1S/C20H20I3NO6/c1-20(2,3)30-19(28)24-13(18(26)27)8-10-4-6-15(17(23)16(10)22)29-14-7-5-11(25)9-12(14)21/h4-7,9,13,25H,8H2,1-3H3,(H,24,28)(H,26,27). The molecule has 30 heavy (non-hydrogen) atoms. The van der Waals surface area contributed by atoms with Gasteiger partial charge in [-0.2, -0.15) is 0 Å². The summed E-state index contributed by atoms with van der Waals surface area (Å²) in [4.78, 5) is 23.6. The van der Waals surface area contributed by atoms with E-state index in [4.69, 9.17) is 9.47 Å². The van der Waals surface area contributed by atoms with Crippen molar-refractivity contribution in [1.82, 2.24) is 5.32 Å². The van der Waals surface area contributed by atoms with Crippen LogP contribution in [0.1, 0.15) is 26.3 Å². The third-order valence-electron chi connectivity index (χ3n) is 3.68. The van der Waals surface area contributed by atoms with Gasteiger partial charge < -0.3 is 25.0 Å². The zero-order chi connectivity index (χ0) is 22.6. The Morgan fingerprint density at radius 1 is 1.07 bits per heavy atom. The Labute approximate surface area is 215 Å². The lowest BCUT2D eigenvalue weighted by atomic mass is 10.1. The number of ether oxygens (including phenoxy) is 2. The number of nitrogens with one attached hydrogen (secondary N) is 1. The number of alkyl carbamates (subject to hydrolysis) is 1. The maximum atomic E-state index is 12.0. The van der Waals surface area contributed by atoms with Gasteiger partial charge >= 0.3 is 12.1 Å². The van der Waals surface area contributed by atoms with E-state index in [-0.39, 0.29) is 12.2 Å². The van der Waals surface area contributed by atoms with E-state index in [2.05, 4.69) is 73.1 Å². The summed E-state index contributed by atoms with van der Waals surface area (Å²) in [5.41, 5.74) is 0.0398. The van der Waals surface area contributed by atoms with E-state index < -0.39 is 23.7 Å². The topological polar surface area (TPSA) is 105 Å². The fourth-order valence-corrected chi connectivity index (χ4v) is 4.28. The maximum Gasteiger partial charge on any atom is 0.408 e. The van der Waals surface area contributed by atoms with Crippen LogP contribution in [0.15, 0.2) is 30.3 Å². The molecular weight excluding hydrogens is 731 g/mol. The van der Waals surface area contributed by atoms with Crippen LogP contribution >= 0.6 is 67.8 Å². The van der Waals surface area contributed by atoms with Gasteiger partial charge in [0.15, 0.2) is 0 Å². The number of phenolic OH excluding ortho intramolecular Hbond substituents is 1. The minimum absolute atomic E-state index is 0.0971. The highest BCUT2D eigenvalue weighted by molar-refractivity contribution is 14.1. The van der Waals surface area contributed by atoms with Crippen molar-refractivity contribution in [2.24, 2.45) is 0 Å². The molecule has 3 N–H and O–H groups in total. The molecule has 1 amide bonds. The Balaban J connectivity index is 2.20. The van der Waals surface area contributed by atoms with Crippen LogP contribution in [0.3, 0.4) is 0 Å². The highest BCUT2D eigenvalue weighted by Gasteiger charge is 2.25. The number of phenols is 1. The molecule has 162 valence electrons. The molecule has 0 spiro atoms. The zero-order valence-corrected chi connectivity index (χ0v) is 22.8. The summed E-state index contributed by atoms with van der Waals surface area (Å²) in [6, 6.07) is 7.23. The monoisotopic (exact) mass is 751 g/mol. The van der Waals surface area contributed by atoms with E-state index in [0.29, 0.717) is 11.5 Å². The number of hydrogen-bond donors (Lipinski definition) is 3. The van der Waals surface area contributed by atoms with Crippen LogP contribution in [0.5, 0.6) is 17.2 Å². The fraction of sp³-hybridized carbons (Fsp3) is 0.300. The summed E-state index contributed by atoms with van der Waals surface area (Å²) in [5, 5.41) is 21.5. The Morgan fingerprint density at radius 3 is 2.27 bits per heavy atom. The van der Waals surface area contributed by atoms with Gasteiger partial charge in [-0.15, -0.1) is 0 Å². The van der Waals surface area contributed by atoms with Crippen molar-refractivity contribution in [3.05, 3.63) is 46.6 Å². The van der Waals surface area contributed by atoms with Gasteiger partial charge in [0.05, 0.1) is 7.14 Å². The fourth-order valence-electron chi connectivity index (χ4n) is 2.37. The number of aliphatic carboxylic acids is 1. The Bertz CT molecular complexity index is 958. The Kier molecular flexibility index (Phi) is 8.85. The number of amides is 1. The predicted octanol–water partition coefficient (Wildman–Crippen LogP) is 5.52. The molecule has 1 atom stereocenters. The number of carbonyl (C=O) groups is 2. The average molecular weight is 751 g/mol. The largest absolute Gasteiger partial charge is 0.508 e. The predicted molar refractivity (Wildman–Crippen MR) is 137 cm³/mol. The first-order valence-corrected chi connectivity index (χ1v) is 12.0. The van der Waals surface area contributed by atoms with Crippen LogP contribution in [0.25, 0.3) is 0 Å². The molecule has 7 nitrogen and oxygen atoms in total. The number of benzene rings is 2. The van der Waals surface area contributed by atoms with Gasteiger partial charge in [-0.1, -0.05) is 6.07 Å². The summed E-state index contributed by atoms with van der Waals surface area (Å²) in [7, 11) is 0. The van der Waals surface area contributed by atoms with Crippen LogP contribution in [-0.2, 0) is 16.0 Å². The van der Waals surface area contributed by atoms with Crippen LogP contribution < -0.4 is 10.1 Å². The molecule has 0 aliphatic rings. The molecule has 10 heteroatoms. The second-order valence-corrected chi connectivity index (χ2v) is 10.6. The van der Waals surface area contributed by atoms with Gasteiger partial charge in [-0.25, -0.2) is 9.59 Å². The molecule has 0 bridgehead atoms. The van der Waals surface area contributed by atoms with E-state index in [1.165, 1.54) is 0 Å². The SMILES string of the molecule is CC(C)(C)OC(=O)NC(Cc1ccc(Oc2ccc(O)cc2I)c(I)c1I)C(=O)O. The molecule has 2 aromatic carbocycles. The Morgan fingerprint density at radius 2 is 1.70 bits per heavy atom. The molecule has 0 aliphatic heterocycles. The first kappa shape index (κ1) is 25.2. The van der Waals surface area contributed by atoms with Crippen LogP contribution in [-0.4, -0.2) is 33.9 Å². The maximum absolute atomic E-state index is 12.0. The molecule has 0 aromatic heterocycles. The smallest absolute Gasteiger partial charge is 0.408 e. The van der Waals surface area contributed by atoms with Gasteiger partial charge in [0, 0.05) is 9.99 Å². The normalized spacial score (nSPS) is 12.2. The third-order valence-corrected chi connectivity index (χ3v) is 7.85. The second-order valence-electron chi connectivity index (χ2n) is 7.31. The lowest BCUT2D eigenvalue weighted by molar-refractivity contribution is -0.139. The number of carboxylic acid groups (broad SMARTS) is 1. The quantitative estimate of drug-likeness (QED) is 0.337. The summed E-state index contributed by atoms with van der Waals surface area (Å²) in [6.07, 6.45) is -0.679. The van der Waals surface area contributed by atoms with Gasteiger partial charge in [-0.3, -0.25) is 0 Å². The van der Waals surface area contributed by atoms with Crippen LogP contribution in [0.2, 0.25) is 0 Å². The lowest BCUT2D eigenvalue weighted by Crippen LogP contribution is -2.44. The molecule has 0 aliphatic carbocycles. The van der Waals surface area contributed by atoms with Crippen LogP contribution in [0.4, 0.5) is 4.79 Å². The lowest BCUT2D eigenvalue weighted by Gasteiger charge is -2.22. The van der Waals surface area contributed by atoms with Gasteiger partial charge in [0.25, 0.3) is 0 Å². The van der Waals surface area contributed by atoms with Gasteiger partial charge in [0.1, 0.15) is 28.9 Å². The average Bonchev–Trinajstić information content (AvgIpc) is 2.60. The van der Waals surface area contributed by atoms with E-state index in [1.807, 2.05) is 0 Å². The van der Waals surface area contributed by atoms with Crippen molar-refractivity contribution in [1.29, 1.82) is 0 Å². The van der Waals surface area contributed by atoms with Crippen molar-refractivity contribution in [3.63, 3.8) is 0 Å².